The quantitative estimate of drug-likeness (QED) is 0.517. The van der Waals surface area contributed by atoms with Gasteiger partial charge in [-0.2, -0.15) is 0 Å². The van der Waals surface area contributed by atoms with Crippen molar-refractivity contribution in [3.8, 4) is 0 Å². The molecule has 0 aromatic carbocycles. The van der Waals surface area contributed by atoms with Gasteiger partial charge in [0.2, 0.25) is 0 Å². The summed E-state index contributed by atoms with van der Waals surface area (Å²) < 4.78 is 0.540. The first-order chi connectivity index (χ1) is 9.47. The normalized spacial score (nSPS) is 10.1. The number of nitrogens with one attached hydrogen (secondary N) is 1. The van der Waals surface area contributed by atoms with Crippen LogP contribution in [0.1, 0.15) is 10.4 Å². The summed E-state index contributed by atoms with van der Waals surface area (Å²) in [6.07, 6.45) is 0.983. The first-order valence-corrected chi connectivity index (χ1v) is 6.38. The maximum Gasteiger partial charge on any atom is 0.288 e. The molecule has 0 aliphatic rings. The third-order valence-corrected chi connectivity index (χ3v) is 2.98. The molecule has 1 N–H and O–H groups in total. The minimum atomic E-state index is -0.655. The Morgan fingerprint density at radius 1 is 1.45 bits per heavy atom. The molecule has 0 aliphatic heterocycles. The van der Waals surface area contributed by atoms with Crippen LogP contribution in [0.2, 0.25) is 5.15 Å². The molecule has 2 heterocycles. The van der Waals surface area contributed by atoms with Crippen LogP contribution in [-0.2, 0) is 0 Å². The Bertz CT molecular complexity index is 695. The number of pyridine rings is 2. The van der Waals surface area contributed by atoms with Gasteiger partial charge in [0, 0.05) is 6.07 Å². The summed E-state index contributed by atoms with van der Waals surface area (Å²) >= 11 is 8.93. The maximum atomic E-state index is 12.0. The SMILES string of the molecule is O=C(Nc1cccc(Br)n1)c1cc([N+](=O)[O-])cnc1Cl. The summed E-state index contributed by atoms with van der Waals surface area (Å²) in [5.41, 5.74) is -0.413. The van der Waals surface area contributed by atoms with Gasteiger partial charge in [-0.15, -0.1) is 0 Å². The first kappa shape index (κ1) is 14.4. The van der Waals surface area contributed by atoms with Gasteiger partial charge in [-0.3, -0.25) is 14.9 Å². The predicted molar refractivity (Wildman–Crippen MR) is 75.8 cm³/mol. The fourth-order valence-electron chi connectivity index (χ4n) is 1.36. The fourth-order valence-corrected chi connectivity index (χ4v) is 1.89. The number of amides is 1. The van der Waals surface area contributed by atoms with Gasteiger partial charge in [0.15, 0.2) is 0 Å². The molecule has 0 saturated heterocycles. The molecule has 2 aromatic heterocycles. The van der Waals surface area contributed by atoms with Crippen LogP contribution >= 0.6 is 27.5 Å². The molecular weight excluding hydrogens is 352 g/mol. The molecule has 9 heteroatoms. The summed E-state index contributed by atoms with van der Waals surface area (Å²) in [7, 11) is 0. The summed E-state index contributed by atoms with van der Waals surface area (Å²) in [6.45, 7) is 0. The van der Waals surface area contributed by atoms with Crippen LogP contribution in [0.15, 0.2) is 35.1 Å². The smallest absolute Gasteiger partial charge is 0.288 e. The molecule has 0 radical (unpaired) electrons. The van der Waals surface area contributed by atoms with Crippen LogP contribution in [0.25, 0.3) is 0 Å². The minimum absolute atomic E-state index is 0.0948. The van der Waals surface area contributed by atoms with E-state index in [-0.39, 0.29) is 22.2 Å². The monoisotopic (exact) mass is 356 g/mol. The van der Waals surface area contributed by atoms with E-state index >= 15 is 0 Å². The number of halogens is 2. The molecule has 0 saturated carbocycles. The Hall–Kier alpha value is -2.06. The molecule has 2 aromatic rings. The molecule has 0 fully saturated rings. The Labute approximate surface area is 126 Å². The number of anilines is 1. The molecule has 0 unspecified atom stereocenters. The molecule has 0 aliphatic carbocycles. The van der Waals surface area contributed by atoms with Crippen LogP contribution < -0.4 is 5.32 Å². The van der Waals surface area contributed by atoms with Crippen molar-refractivity contribution in [1.82, 2.24) is 9.97 Å². The number of hydrogen-bond acceptors (Lipinski definition) is 5. The Morgan fingerprint density at radius 2 is 2.20 bits per heavy atom. The Balaban J connectivity index is 2.29. The summed E-state index contributed by atoms with van der Waals surface area (Å²) in [5.74, 6) is -0.344. The van der Waals surface area contributed by atoms with Crippen molar-refractivity contribution in [3.63, 3.8) is 0 Å². The average molecular weight is 358 g/mol. The number of rotatable bonds is 3. The highest BCUT2D eigenvalue weighted by Crippen LogP contribution is 2.20. The van der Waals surface area contributed by atoms with E-state index < -0.39 is 10.8 Å². The molecule has 2 rings (SSSR count). The first-order valence-electron chi connectivity index (χ1n) is 5.21. The van der Waals surface area contributed by atoms with E-state index in [2.05, 4.69) is 31.2 Å². The largest absolute Gasteiger partial charge is 0.306 e. The zero-order valence-electron chi connectivity index (χ0n) is 9.71. The second-order valence-corrected chi connectivity index (χ2v) is 4.76. The number of carbonyl (C=O) groups excluding carboxylic acids is 1. The lowest BCUT2D eigenvalue weighted by atomic mass is 10.2. The van der Waals surface area contributed by atoms with E-state index in [0.717, 1.165) is 12.3 Å². The van der Waals surface area contributed by atoms with Crippen molar-refractivity contribution in [2.24, 2.45) is 0 Å². The lowest BCUT2D eigenvalue weighted by Crippen LogP contribution is -2.14. The van der Waals surface area contributed by atoms with E-state index in [0.29, 0.717) is 4.60 Å². The number of nitro groups is 1. The van der Waals surface area contributed by atoms with Gasteiger partial charge >= 0.3 is 0 Å². The van der Waals surface area contributed by atoms with E-state index in [1.54, 1.807) is 18.2 Å². The predicted octanol–water partition coefficient (Wildman–Crippen LogP) is 3.05. The van der Waals surface area contributed by atoms with Crippen LogP contribution in [0.5, 0.6) is 0 Å². The second kappa shape index (κ2) is 5.93. The molecule has 1 amide bonds. The lowest BCUT2D eigenvalue weighted by molar-refractivity contribution is -0.385. The summed E-state index contributed by atoms with van der Waals surface area (Å²) in [4.78, 5) is 29.6. The van der Waals surface area contributed by atoms with Gasteiger partial charge in [-0.1, -0.05) is 17.7 Å². The Kier molecular flexibility index (Phi) is 4.26. The topological polar surface area (TPSA) is 98.0 Å². The van der Waals surface area contributed by atoms with Crippen molar-refractivity contribution >= 4 is 44.9 Å². The summed E-state index contributed by atoms with van der Waals surface area (Å²) in [5, 5.41) is 13.0. The zero-order chi connectivity index (χ0) is 14.7. The van der Waals surface area contributed by atoms with Crippen molar-refractivity contribution in [2.75, 3.05) is 5.32 Å². The number of carbonyl (C=O) groups is 1. The molecule has 0 atom stereocenters. The van der Waals surface area contributed by atoms with Crippen LogP contribution in [0, 0.1) is 10.1 Å². The number of hydrogen-bond donors (Lipinski definition) is 1. The fraction of sp³-hybridized carbons (Fsp3) is 0. The van der Waals surface area contributed by atoms with Crippen molar-refractivity contribution in [3.05, 3.63) is 55.9 Å². The minimum Gasteiger partial charge on any atom is -0.306 e. The number of aromatic nitrogens is 2. The molecule has 0 bridgehead atoms. The molecule has 102 valence electrons. The van der Waals surface area contributed by atoms with Gasteiger partial charge in [0.1, 0.15) is 21.8 Å². The highest BCUT2D eigenvalue weighted by molar-refractivity contribution is 9.10. The Morgan fingerprint density at radius 3 is 2.85 bits per heavy atom. The maximum absolute atomic E-state index is 12.0. The molecular formula is C11H6BrClN4O3. The van der Waals surface area contributed by atoms with Crippen molar-refractivity contribution in [1.29, 1.82) is 0 Å². The third kappa shape index (κ3) is 3.28. The van der Waals surface area contributed by atoms with Crippen LogP contribution in [0.3, 0.4) is 0 Å². The third-order valence-electron chi connectivity index (χ3n) is 2.24. The van der Waals surface area contributed by atoms with E-state index in [1.165, 1.54) is 0 Å². The molecule has 20 heavy (non-hydrogen) atoms. The standard InChI is InChI=1S/C11H6BrClN4O3/c12-8-2-1-3-9(15-8)16-11(18)7-4-6(17(19)20)5-14-10(7)13/h1-5H,(H,15,16,18). The van der Waals surface area contributed by atoms with Gasteiger partial charge in [-0.25, -0.2) is 9.97 Å². The van der Waals surface area contributed by atoms with Gasteiger partial charge in [0.25, 0.3) is 11.6 Å². The van der Waals surface area contributed by atoms with E-state index in [1.807, 2.05) is 0 Å². The van der Waals surface area contributed by atoms with Gasteiger partial charge in [0.05, 0.1) is 10.5 Å². The van der Waals surface area contributed by atoms with Crippen LogP contribution in [-0.4, -0.2) is 20.8 Å². The zero-order valence-corrected chi connectivity index (χ0v) is 12.1. The second-order valence-electron chi connectivity index (χ2n) is 3.59. The molecule has 0 spiro atoms. The lowest BCUT2D eigenvalue weighted by Gasteiger charge is -2.05. The van der Waals surface area contributed by atoms with Gasteiger partial charge in [-0.05, 0) is 28.1 Å². The number of nitrogens with zero attached hydrogens (tertiary/aromatic N) is 3. The summed E-state index contributed by atoms with van der Waals surface area (Å²) in [6, 6.07) is 6.00. The highest BCUT2D eigenvalue weighted by atomic mass is 79.9. The van der Waals surface area contributed by atoms with Crippen molar-refractivity contribution in [2.45, 2.75) is 0 Å². The van der Waals surface area contributed by atoms with Crippen LogP contribution in [0.4, 0.5) is 11.5 Å². The average Bonchev–Trinajstić information content (AvgIpc) is 2.38. The molecule has 7 nitrogen and oxygen atoms in total. The van der Waals surface area contributed by atoms with Gasteiger partial charge < -0.3 is 5.32 Å². The van der Waals surface area contributed by atoms with E-state index in [9.17, 15) is 14.9 Å². The highest BCUT2D eigenvalue weighted by Gasteiger charge is 2.17. The van der Waals surface area contributed by atoms with E-state index in [4.69, 9.17) is 11.6 Å². The van der Waals surface area contributed by atoms with Crippen molar-refractivity contribution < 1.29 is 9.72 Å².